The predicted octanol–water partition coefficient (Wildman–Crippen LogP) is 3.81. The summed E-state index contributed by atoms with van der Waals surface area (Å²) in [5.74, 6) is 2.21. The van der Waals surface area contributed by atoms with E-state index in [2.05, 4.69) is 36.4 Å². The lowest BCUT2D eigenvalue weighted by molar-refractivity contribution is -0.111. The number of hydrogen-bond acceptors (Lipinski definition) is 1. The molecule has 17 heavy (non-hydrogen) atoms. The summed E-state index contributed by atoms with van der Waals surface area (Å²) in [6, 6.07) is 4.89. The summed E-state index contributed by atoms with van der Waals surface area (Å²) in [6.07, 6.45) is 0. The molecule has 0 aliphatic rings. The SMILES string of the molecule is C[Si](C)(C)C#CC(=O)Nc1cc(Cl)ccc1Cl. The minimum absolute atomic E-state index is 0.364. The van der Waals surface area contributed by atoms with Crippen molar-refractivity contribution in [2.24, 2.45) is 0 Å². The van der Waals surface area contributed by atoms with Crippen molar-refractivity contribution in [3.63, 3.8) is 0 Å². The van der Waals surface area contributed by atoms with Crippen molar-refractivity contribution in [3.8, 4) is 11.5 Å². The average Bonchev–Trinajstić information content (AvgIpc) is 2.20. The number of hydrogen-bond donors (Lipinski definition) is 1. The van der Waals surface area contributed by atoms with Gasteiger partial charge < -0.3 is 5.32 Å². The largest absolute Gasteiger partial charge is 0.314 e. The first kappa shape index (κ1) is 14.1. The molecule has 0 heterocycles. The van der Waals surface area contributed by atoms with Gasteiger partial charge in [0, 0.05) is 5.02 Å². The van der Waals surface area contributed by atoms with Crippen LogP contribution in [0.1, 0.15) is 0 Å². The molecule has 0 saturated heterocycles. The lowest BCUT2D eigenvalue weighted by atomic mass is 10.3. The molecule has 0 fully saturated rings. The first-order chi connectivity index (χ1) is 7.78. The number of nitrogens with one attached hydrogen (secondary N) is 1. The molecular formula is C12H13Cl2NOSi. The van der Waals surface area contributed by atoms with Crippen LogP contribution in [0.4, 0.5) is 5.69 Å². The summed E-state index contributed by atoms with van der Waals surface area (Å²) in [7, 11) is -1.54. The molecule has 1 rings (SSSR count). The Bertz CT molecular complexity index is 497. The van der Waals surface area contributed by atoms with E-state index in [1.807, 2.05) is 0 Å². The van der Waals surface area contributed by atoms with Crippen molar-refractivity contribution >= 4 is 42.9 Å². The quantitative estimate of drug-likeness (QED) is 0.617. The zero-order valence-corrected chi connectivity index (χ0v) is 12.4. The number of benzene rings is 1. The highest BCUT2D eigenvalue weighted by molar-refractivity contribution is 6.84. The van der Waals surface area contributed by atoms with Crippen molar-refractivity contribution in [1.82, 2.24) is 0 Å². The summed E-state index contributed by atoms with van der Waals surface area (Å²) in [5, 5.41) is 3.58. The normalized spacial score (nSPS) is 10.4. The number of rotatable bonds is 1. The van der Waals surface area contributed by atoms with E-state index in [1.54, 1.807) is 18.2 Å². The van der Waals surface area contributed by atoms with Crippen LogP contribution in [0.25, 0.3) is 0 Å². The molecule has 1 N–H and O–H groups in total. The molecule has 0 atom stereocenters. The minimum atomic E-state index is -1.54. The Kier molecular flexibility index (Phi) is 4.64. The Labute approximate surface area is 112 Å². The fourth-order valence-corrected chi connectivity index (χ4v) is 1.82. The van der Waals surface area contributed by atoms with Crippen LogP contribution >= 0.6 is 23.2 Å². The van der Waals surface area contributed by atoms with Gasteiger partial charge in [0.15, 0.2) is 0 Å². The number of carbonyl (C=O) groups is 1. The minimum Gasteiger partial charge on any atom is -0.314 e. The molecule has 0 unspecified atom stereocenters. The van der Waals surface area contributed by atoms with Gasteiger partial charge in [-0.3, -0.25) is 4.79 Å². The number of carbonyl (C=O) groups excluding carboxylic acids is 1. The lowest BCUT2D eigenvalue weighted by Gasteiger charge is -2.05. The van der Waals surface area contributed by atoms with E-state index in [4.69, 9.17) is 23.2 Å². The van der Waals surface area contributed by atoms with E-state index < -0.39 is 8.07 Å². The highest BCUT2D eigenvalue weighted by atomic mass is 35.5. The van der Waals surface area contributed by atoms with Gasteiger partial charge in [-0.15, -0.1) is 5.54 Å². The van der Waals surface area contributed by atoms with E-state index >= 15 is 0 Å². The van der Waals surface area contributed by atoms with Crippen LogP contribution in [0, 0.1) is 11.5 Å². The first-order valence-electron chi connectivity index (χ1n) is 5.07. The van der Waals surface area contributed by atoms with E-state index in [0.29, 0.717) is 15.7 Å². The van der Waals surface area contributed by atoms with E-state index in [-0.39, 0.29) is 5.91 Å². The predicted molar refractivity (Wildman–Crippen MR) is 76.2 cm³/mol. The number of amides is 1. The molecule has 0 aliphatic heterocycles. The molecule has 5 heteroatoms. The molecule has 0 saturated carbocycles. The Morgan fingerprint density at radius 1 is 1.29 bits per heavy atom. The fraction of sp³-hybridized carbons (Fsp3) is 0.250. The van der Waals surface area contributed by atoms with Crippen LogP contribution < -0.4 is 5.32 Å². The van der Waals surface area contributed by atoms with Gasteiger partial charge in [-0.05, 0) is 24.1 Å². The zero-order valence-electron chi connectivity index (χ0n) is 9.90. The van der Waals surface area contributed by atoms with Gasteiger partial charge in [0.05, 0.1) is 10.7 Å². The van der Waals surface area contributed by atoms with Crippen LogP contribution in [0.15, 0.2) is 18.2 Å². The molecule has 2 nitrogen and oxygen atoms in total. The zero-order chi connectivity index (χ0) is 13.1. The van der Waals surface area contributed by atoms with Crippen LogP contribution in [0.2, 0.25) is 29.7 Å². The molecule has 1 aromatic carbocycles. The van der Waals surface area contributed by atoms with Crippen molar-refractivity contribution in [2.75, 3.05) is 5.32 Å². The second-order valence-electron chi connectivity index (χ2n) is 4.58. The third-order valence-corrected chi connectivity index (χ3v) is 3.17. The second-order valence-corrected chi connectivity index (χ2v) is 10.2. The molecule has 0 aromatic heterocycles. The van der Waals surface area contributed by atoms with Crippen molar-refractivity contribution in [1.29, 1.82) is 0 Å². The number of halogens is 2. The Morgan fingerprint density at radius 2 is 1.94 bits per heavy atom. The summed E-state index contributed by atoms with van der Waals surface area (Å²) < 4.78 is 0. The highest BCUT2D eigenvalue weighted by Gasteiger charge is 2.09. The third-order valence-electron chi connectivity index (χ3n) is 1.73. The maximum Gasteiger partial charge on any atom is 0.299 e. The van der Waals surface area contributed by atoms with Crippen LogP contribution in [-0.4, -0.2) is 14.0 Å². The average molecular weight is 286 g/mol. The van der Waals surface area contributed by atoms with Gasteiger partial charge in [-0.1, -0.05) is 42.8 Å². The molecule has 0 spiro atoms. The topological polar surface area (TPSA) is 29.1 Å². The summed E-state index contributed by atoms with van der Waals surface area (Å²) in [5.41, 5.74) is 3.46. The molecule has 0 aliphatic carbocycles. The van der Waals surface area contributed by atoms with E-state index in [1.165, 1.54) is 0 Å². The fourth-order valence-electron chi connectivity index (χ4n) is 0.991. The van der Waals surface area contributed by atoms with Crippen LogP contribution in [0.5, 0.6) is 0 Å². The molecule has 0 bridgehead atoms. The van der Waals surface area contributed by atoms with Crippen molar-refractivity contribution < 1.29 is 4.79 Å². The summed E-state index contributed by atoms with van der Waals surface area (Å²) >= 11 is 11.7. The lowest BCUT2D eigenvalue weighted by Crippen LogP contribution is -2.18. The van der Waals surface area contributed by atoms with Crippen LogP contribution in [-0.2, 0) is 4.79 Å². The standard InChI is InChI=1S/C12H13Cl2NOSi/c1-17(2,3)7-6-12(16)15-11-8-9(13)4-5-10(11)14/h4-5,8H,1-3H3,(H,15,16). The monoisotopic (exact) mass is 285 g/mol. The highest BCUT2D eigenvalue weighted by Crippen LogP contribution is 2.25. The molecule has 90 valence electrons. The molecule has 1 aromatic rings. The van der Waals surface area contributed by atoms with Gasteiger partial charge >= 0.3 is 0 Å². The maximum atomic E-state index is 11.6. The summed E-state index contributed by atoms with van der Waals surface area (Å²) in [4.78, 5) is 11.6. The summed E-state index contributed by atoms with van der Waals surface area (Å²) in [6.45, 7) is 6.21. The van der Waals surface area contributed by atoms with Gasteiger partial charge in [0.1, 0.15) is 8.07 Å². The van der Waals surface area contributed by atoms with Gasteiger partial charge in [-0.2, -0.15) is 0 Å². The Morgan fingerprint density at radius 3 is 2.53 bits per heavy atom. The van der Waals surface area contributed by atoms with Gasteiger partial charge in [0.25, 0.3) is 5.91 Å². The van der Waals surface area contributed by atoms with Gasteiger partial charge in [-0.25, -0.2) is 0 Å². The molecular weight excluding hydrogens is 273 g/mol. The van der Waals surface area contributed by atoms with Gasteiger partial charge in [0.2, 0.25) is 0 Å². The Balaban J connectivity index is 2.81. The third kappa shape index (κ3) is 5.27. The molecule has 1 amide bonds. The second kappa shape index (κ2) is 5.59. The molecule has 0 radical (unpaired) electrons. The smallest absolute Gasteiger partial charge is 0.299 e. The number of anilines is 1. The maximum absolute atomic E-state index is 11.6. The van der Waals surface area contributed by atoms with E-state index in [9.17, 15) is 4.79 Å². The Hall–Kier alpha value is -0.953. The first-order valence-corrected chi connectivity index (χ1v) is 9.33. The van der Waals surface area contributed by atoms with Crippen molar-refractivity contribution in [2.45, 2.75) is 19.6 Å². The van der Waals surface area contributed by atoms with E-state index in [0.717, 1.165) is 0 Å². The van der Waals surface area contributed by atoms with Crippen molar-refractivity contribution in [3.05, 3.63) is 28.2 Å². The van der Waals surface area contributed by atoms with Crippen LogP contribution in [0.3, 0.4) is 0 Å².